The topological polar surface area (TPSA) is 20.2 Å². The Morgan fingerprint density at radius 3 is 2.80 bits per heavy atom. The van der Waals surface area contributed by atoms with Gasteiger partial charge in [-0.1, -0.05) is 30.3 Å². The third-order valence-corrected chi connectivity index (χ3v) is 2.89. The van der Waals surface area contributed by atoms with E-state index < -0.39 is 7.35 Å². The molecule has 0 spiro atoms. The van der Waals surface area contributed by atoms with Crippen LogP contribution in [0.15, 0.2) is 11.0 Å². The summed E-state index contributed by atoms with van der Waals surface area (Å²) < 4.78 is 0. The molecule has 0 radical (unpaired) electrons. The lowest BCUT2D eigenvalue weighted by Gasteiger charge is -2.00. The zero-order valence-electron chi connectivity index (χ0n) is 6.16. The van der Waals surface area contributed by atoms with Crippen LogP contribution in [-0.4, -0.2) is 11.6 Å². The van der Waals surface area contributed by atoms with Crippen molar-refractivity contribution in [2.45, 2.75) is 13.3 Å². The predicted octanol–water partition coefficient (Wildman–Crippen LogP) is 2.58. The van der Waals surface area contributed by atoms with E-state index in [2.05, 4.69) is 5.92 Å². The molecule has 0 heterocycles. The molecule has 3 heteroatoms. The standard InChI is InChI=1S/C7H11OPS/c1-4-6-7(5-2)10-9(3)8/h2,6,8H,4H2,1,3H3/b7-6-. The van der Waals surface area contributed by atoms with Crippen LogP contribution < -0.4 is 0 Å². The minimum Gasteiger partial charge on any atom is -0.363 e. The molecule has 0 aliphatic heterocycles. The van der Waals surface area contributed by atoms with Crippen LogP contribution in [0, 0.1) is 12.3 Å². The first-order valence-corrected chi connectivity index (χ1v) is 6.14. The van der Waals surface area contributed by atoms with E-state index in [0.29, 0.717) is 0 Å². The van der Waals surface area contributed by atoms with Gasteiger partial charge in [-0.05, 0) is 13.1 Å². The molecule has 0 aromatic carbocycles. The van der Waals surface area contributed by atoms with E-state index in [0.717, 1.165) is 11.3 Å². The van der Waals surface area contributed by atoms with Gasteiger partial charge in [0, 0.05) is 0 Å². The maximum Gasteiger partial charge on any atom is 0.0870 e. The monoisotopic (exact) mass is 174 g/mol. The van der Waals surface area contributed by atoms with Crippen LogP contribution in [0.3, 0.4) is 0 Å². The van der Waals surface area contributed by atoms with Crippen LogP contribution >= 0.6 is 18.7 Å². The molecule has 0 aromatic heterocycles. The molecule has 1 atom stereocenters. The molecule has 0 amide bonds. The molecule has 1 unspecified atom stereocenters. The van der Waals surface area contributed by atoms with Gasteiger partial charge in [0.2, 0.25) is 0 Å². The Balaban J connectivity index is 3.87. The zero-order chi connectivity index (χ0) is 7.98. The molecule has 0 aliphatic carbocycles. The highest BCUT2D eigenvalue weighted by molar-refractivity contribution is 8.55. The van der Waals surface area contributed by atoms with Crippen molar-refractivity contribution in [2.24, 2.45) is 0 Å². The summed E-state index contributed by atoms with van der Waals surface area (Å²) in [6.45, 7) is 3.79. The van der Waals surface area contributed by atoms with Gasteiger partial charge in [-0.3, -0.25) is 0 Å². The Morgan fingerprint density at radius 1 is 1.90 bits per heavy atom. The molecule has 1 N–H and O–H groups in total. The molecule has 0 rings (SSSR count). The van der Waals surface area contributed by atoms with Gasteiger partial charge in [0.05, 0.1) is 12.3 Å². The van der Waals surface area contributed by atoms with E-state index >= 15 is 0 Å². The summed E-state index contributed by atoms with van der Waals surface area (Å²) in [5.74, 6) is 2.51. The van der Waals surface area contributed by atoms with Gasteiger partial charge >= 0.3 is 0 Å². The summed E-state index contributed by atoms with van der Waals surface area (Å²) in [5.41, 5.74) is 0. The molecule has 56 valence electrons. The van der Waals surface area contributed by atoms with Gasteiger partial charge in [0.15, 0.2) is 0 Å². The Hall–Kier alpha value is 0.0400. The minimum absolute atomic E-state index is 0.846. The average Bonchev–Trinajstić information content (AvgIpc) is 1.86. The third kappa shape index (κ3) is 4.88. The lowest BCUT2D eigenvalue weighted by molar-refractivity contribution is 0.647. The average molecular weight is 174 g/mol. The lowest BCUT2D eigenvalue weighted by Crippen LogP contribution is -1.68. The number of terminal acetylenes is 1. The van der Waals surface area contributed by atoms with Gasteiger partial charge in [-0.25, -0.2) is 0 Å². The van der Waals surface area contributed by atoms with Crippen LogP contribution in [0.4, 0.5) is 0 Å². The fourth-order valence-corrected chi connectivity index (χ4v) is 2.26. The summed E-state index contributed by atoms with van der Waals surface area (Å²) in [6, 6.07) is 0. The van der Waals surface area contributed by atoms with Crippen molar-refractivity contribution < 1.29 is 4.89 Å². The van der Waals surface area contributed by atoms with E-state index in [1.54, 1.807) is 6.66 Å². The SMILES string of the molecule is C#C/C(=C/CC)SP(C)O. The molecule has 0 saturated carbocycles. The second kappa shape index (κ2) is 5.80. The largest absolute Gasteiger partial charge is 0.363 e. The zero-order valence-corrected chi connectivity index (χ0v) is 7.88. The Kier molecular flexibility index (Phi) is 5.82. The van der Waals surface area contributed by atoms with E-state index in [1.165, 1.54) is 11.4 Å². The molecule has 0 aromatic rings. The van der Waals surface area contributed by atoms with Gasteiger partial charge in [-0.15, -0.1) is 6.42 Å². The summed E-state index contributed by atoms with van der Waals surface area (Å²) in [4.78, 5) is 9.82. The Bertz CT molecular complexity index is 157. The summed E-state index contributed by atoms with van der Waals surface area (Å²) >= 11 is 1.37. The highest BCUT2D eigenvalue weighted by Crippen LogP contribution is 2.46. The quantitative estimate of drug-likeness (QED) is 0.524. The highest BCUT2D eigenvalue weighted by atomic mass is 32.7. The molecule has 10 heavy (non-hydrogen) atoms. The first kappa shape index (κ1) is 10.0. The van der Waals surface area contributed by atoms with Gasteiger partial charge in [0.25, 0.3) is 0 Å². The number of hydrogen-bond donors (Lipinski definition) is 1. The molecule has 1 nitrogen and oxygen atoms in total. The summed E-state index contributed by atoms with van der Waals surface area (Å²) in [5, 5.41) is 0. The molecule has 0 bridgehead atoms. The van der Waals surface area contributed by atoms with E-state index in [4.69, 9.17) is 11.3 Å². The van der Waals surface area contributed by atoms with Crippen LogP contribution in [0.5, 0.6) is 0 Å². The van der Waals surface area contributed by atoms with Crippen LogP contribution in [0.1, 0.15) is 13.3 Å². The fraction of sp³-hybridized carbons (Fsp3) is 0.429. The Morgan fingerprint density at radius 2 is 2.50 bits per heavy atom. The maximum absolute atomic E-state index is 8.97. The second-order valence-electron chi connectivity index (χ2n) is 1.68. The molecule has 0 fully saturated rings. The van der Waals surface area contributed by atoms with E-state index in [1.807, 2.05) is 13.0 Å². The van der Waals surface area contributed by atoms with Crippen molar-refractivity contribution in [3.8, 4) is 12.3 Å². The number of hydrogen-bond acceptors (Lipinski definition) is 2. The first-order valence-electron chi connectivity index (χ1n) is 2.98. The third-order valence-electron chi connectivity index (χ3n) is 0.762. The molecule has 0 aliphatic rings. The van der Waals surface area contributed by atoms with Crippen LogP contribution in [-0.2, 0) is 0 Å². The van der Waals surface area contributed by atoms with Crippen molar-refractivity contribution in [3.05, 3.63) is 11.0 Å². The predicted molar refractivity (Wildman–Crippen MR) is 49.9 cm³/mol. The van der Waals surface area contributed by atoms with Gasteiger partial charge < -0.3 is 4.89 Å². The minimum atomic E-state index is -0.951. The van der Waals surface area contributed by atoms with Crippen molar-refractivity contribution in [2.75, 3.05) is 6.66 Å². The van der Waals surface area contributed by atoms with Gasteiger partial charge in [0.1, 0.15) is 0 Å². The van der Waals surface area contributed by atoms with E-state index in [-0.39, 0.29) is 0 Å². The van der Waals surface area contributed by atoms with Crippen LogP contribution in [0.25, 0.3) is 0 Å². The Labute approximate surface area is 67.5 Å². The molecular weight excluding hydrogens is 163 g/mol. The van der Waals surface area contributed by atoms with Crippen molar-refractivity contribution >= 4 is 18.7 Å². The second-order valence-corrected chi connectivity index (χ2v) is 5.36. The number of rotatable bonds is 3. The first-order chi connectivity index (χ1) is 4.70. The number of allylic oxidation sites excluding steroid dienone is 2. The fourth-order valence-electron chi connectivity index (χ4n) is 0.450. The van der Waals surface area contributed by atoms with Gasteiger partial charge in [-0.2, -0.15) is 0 Å². The normalized spacial score (nSPS) is 14.4. The lowest BCUT2D eigenvalue weighted by atomic mass is 10.4. The van der Waals surface area contributed by atoms with Crippen molar-refractivity contribution in [1.29, 1.82) is 0 Å². The summed E-state index contributed by atoms with van der Waals surface area (Å²) in [7, 11) is -0.951. The smallest absolute Gasteiger partial charge is 0.0870 e. The molecular formula is C7H11OPS. The molecule has 0 saturated heterocycles. The van der Waals surface area contributed by atoms with E-state index in [9.17, 15) is 0 Å². The van der Waals surface area contributed by atoms with Crippen LogP contribution in [0.2, 0.25) is 0 Å². The maximum atomic E-state index is 8.97. The highest BCUT2D eigenvalue weighted by Gasteiger charge is 1.98. The van der Waals surface area contributed by atoms with Crippen molar-refractivity contribution in [1.82, 2.24) is 0 Å². The van der Waals surface area contributed by atoms with Crippen molar-refractivity contribution in [3.63, 3.8) is 0 Å². The summed E-state index contributed by atoms with van der Waals surface area (Å²) in [6.07, 6.45) is 8.04.